The molecule has 1 unspecified atom stereocenters. The van der Waals surface area contributed by atoms with Crippen LogP contribution in [0.5, 0.6) is 0 Å². The van der Waals surface area contributed by atoms with E-state index < -0.39 is 5.97 Å². The van der Waals surface area contributed by atoms with Gasteiger partial charge in [0.2, 0.25) is 0 Å². The number of thiazole rings is 1. The van der Waals surface area contributed by atoms with Crippen molar-refractivity contribution in [3.63, 3.8) is 0 Å². The fourth-order valence-corrected chi connectivity index (χ4v) is 2.19. The fourth-order valence-electron chi connectivity index (χ4n) is 1.39. The second-order valence-electron chi connectivity index (χ2n) is 4.17. The number of hydrogen-bond acceptors (Lipinski definition) is 5. The largest absolute Gasteiger partial charge is 0.476 e. The second kappa shape index (κ2) is 7.81. The molecule has 0 saturated heterocycles. The number of urea groups is 1. The van der Waals surface area contributed by atoms with Crippen LogP contribution < -0.4 is 5.32 Å². The van der Waals surface area contributed by atoms with Crippen molar-refractivity contribution in [1.82, 2.24) is 15.2 Å². The van der Waals surface area contributed by atoms with E-state index in [1.807, 2.05) is 6.92 Å². The summed E-state index contributed by atoms with van der Waals surface area (Å²) in [5.74, 6) is -1.07. The van der Waals surface area contributed by atoms with Crippen molar-refractivity contribution in [2.24, 2.45) is 0 Å². The molecule has 0 fully saturated rings. The molecule has 2 amide bonds. The number of aromatic carboxylic acids is 1. The molecule has 0 radical (unpaired) electrons. The lowest BCUT2D eigenvalue weighted by atomic mass is 10.3. The van der Waals surface area contributed by atoms with Crippen molar-refractivity contribution < 1.29 is 19.4 Å². The molecular weight excluding hydrogens is 282 g/mol. The van der Waals surface area contributed by atoms with Gasteiger partial charge < -0.3 is 20.1 Å². The third kappa shape index (κ3) is 4.78. The van der Waals surface area contributed by atoms with Crippen LogP contribution in [0, 0.1) is 0 Å². The molecule has 8 heteroatoms. The first kappa shape index (κ1) is 16.4. The number of carboxylic acids is 1. The summed E-state index contributed by atoms with van der Waals surface area (Å²) in [5, 5.41) is 13.6. The van der Waals surface area contributed by atoms with Gasteiger partial charge in [-0.1, -0.05) is 0 Å². The predicted octanol–water partition coefficient (Wildman–Crippen LogP) is 1.58. The minimum absolute atomic E-state index is 0.00389. The first-order valence-corrected chi connectivity index (χ1v) is 7.11. The van der Waals surface area contributed by atoms with Crippen LogP contribution in [-0.2, 0) is 4.74 Å². The van der Waals surface area contributed by atoms with E-state index in [2.05, 4.69) is 10.3 Å². The number of hydrogen-bond donors (Lipinski definition) is 2. The van der Waals surface area contributed by atoms with Gasteiger partial charge in [0.05, 0.1) is 12.6 Å². The Morgan fingerprint density at radius 1 is 1.60 bits per heavy atom. The number of carbonyl (C=O) groups is 2. The van der Waals surface area contributed by atoms with Crippen molar-refractivity contribution in [1.29, 1.82) is 0 Å². The van der Waals surface area contributed by atoms with Gasteiger partial charge in [-0.2, -0.15) is 0 Å². The highest BCUT2D eigenvalue weighted by atomic mass is 32.1. The number of amides is 2. The van der Waals surface area contributed by atoms with Crippen molar-refractivity contribution in [3.05, 3.63) is 16.1 Å². The topological polar surface area (TPSA) is 91.8 Å². The van der Waals surface area contributed by atoms with Crippen LogP contribution in [0.25, 0.3) is 0 Å². The van der Waals surface area contributed by atoms with Crippen LogP contribution in [-0.4, -0.2) is 53.8 Å². The van der Waals surface area contributed by atoms with Crippen LogP contribution >= 0.6 is 11.3 Å². The minimum Gasteiger partial charge on any atom is -0.476 e. The molecule has 1 aromatic rings. The fraction of sp³-hybridized carbons (Fsp3) is 0.583. The Labute approximate surface area is 121 Å². The summed E-state index contributed by atoms with van der Waals surface area (Å²) in [7, 11) is 1.67. The molecule has 0 spiro atoms. The standard InChI is InChI=1S/C12H19N3O4S/c1-4-19-6-5-15(3)12(18)13-8(2)10-14-9(7-20-10)11(16)17/h7-8H,4-6H2,1-3H3,(H,13,18)(H,16,17). The maximum Gasteiger partial charge on any atom is 0.355 e. The van der Waals surface area contributed by atoms with Crippen LogP contribution in [0.4, 0.5) is 4.79 Å². The SMILES string of the molecule is CCOCCN(C)C(=O)NC(C)c1nc(C(=O)O)cs1. The van der Waals surface area contributed by atoms with Gasteiger partial charge in [0.15, 0.2) is 5.69 Å². The van der Waals surface area contributed by atoms with E-state index in [0.29, 0.717) is 24.8 Å². The summed E-state index contributed by atoms with van der Waals surface area (Å²) in [4.78, 5) is 28.1. The Balaban J connectivity index is 2.49. The second-order valence-corrected chi connectivity index (χ2v) is 5.06. The van der Waals surface area contributed by atoms with Gasteiger partial charge in [-0.25, -0.2) is 14.6 Å². The lowest BCUT2D eigenvalue weighted by molar-refractivity contribution is 0.0691. The zero-order valence-corrected chi connectivity index (χ0v) is 12.6. The summed E-state index contributed by atoms with van der Waals surface area (Å²) in [6.07, 6.45) is 0. The summed E-state index contributed by atoms with van der Waals surface area (Å²) >= 11 is 1.21. The van der Waals surface area contributed by atoms with E-state index >= 15 is 0 Å². The normalized spacial score (nSPS) is 11.9. The molecule has 112 valence electrons. The van der Waals surface area contributed by atoms with Crippen LogP contribution in [0.3, 0.4) is 0 Å². The zero-order valence-electron chi connectivity index (χ0n) is 11.8. The van der Waals surface area contributed by atoms with Gasteiger partial charge >= 0.3 is 12.0 Å². The van der Waals surface area contributed by atoms with E-state index in [0.717, 1.165) is 0 Å². The van der Waals surface area contributed by atoms with E-state index in [1.54, 1.807) is 14.0 Å². The molecule has 0 aliphatic carbocycles. The molecule has 1 heterocycles. The van der Waals surface area contributed by atoms with Gasteiger partial charge in [0.1, 0.15) is 5.01 Å². The van der Waals surface area contributed by atoms with Crippen molar-refractivity contribution >= 4 is 23.3 Å². The Morgan fingerprint density at radius 2 is 2.30 bits per heavy atom. The number of nitrogens with one attached hydrogen (secondary N) is 1. The lowest BCUT2D eigenvalue weighted by Crippen LogP contribution is -2.40. The Morgan fingerprint density at radius 3 is 2.85 bits per heavy atom. The third-order valence-corrected chi connectivity index (χ3v) is 3.60. The van der Waals surface area contributed by atoms with E-state index in [4.69, 9.17) is 9.84 Å². The Hall–Kier alpha value is -1.67. The molecule has 1 aromatic heterocycles. The maximum absolute atomic E-state index is 11.9. The molecule has 1 atom stereocenters. The average molecular weight is 301 g/mol. The van der Waals surface area contributed by atoms with Gasteiger partial charge in [0, 0.05) is 25.6 Å². The summed E-state index contributed by atoms with van der Waals surface area (Å²) in [6.45, 7) is 5.24. The number of carbonyl (C=O) groups excluding carboxylic acids is 1. The molecule has 1 rings (SSSR count). The first-order chi connectivity index (χ1) is 9.45. The molecular formula is C12H19N3O4S. The van der Waals surface area contributed by atoms with E-state index in [-0.39, 0.29) is 17.8 Å². The van der Waals surface area contributed by atoms with Crippen molar-refractivity contribution in [3.8, 4) is 0 Å². The number of nitrogens with zero attached hydrogens (tertiary/aromatic N) is 2. The Bertz CT molecular complexity index is 463. The average Bonchev–Trinajstić information content (AvgIpc) is 2.88. The highest BCUT2D eigenvalue weighted by Gasteiger charge is 2.17. The number of carboxylic acid groups (broad SMARTS) is 1. The third-order valence-electron chi connectivity index (χ3n) is 2.57. The van der Waals surface area contributed by atoms with Gasteiger partial charge in [-0.3, -0.25) is 0 Å². The predicted molar refractivity (Wildman–Crippen MR) is 75.1 cm³/mol. The minimum atomic E-state index is -1.07. The maximum atomic E-state index is 11.9. The number of rotatable bonds is 7. The molecule has 2 N–H and O–H groups in total. The monoisotopic (exact) mass is 301 g/mol. The summed E-state index contributed by atoms with van der Waals surface area (Å²) in [6, 6.07) is -0.584. The number of aromatic nitrogens is 1. The molecule has 7 nitrogen and oxygen atoms in total. The van der Waals surface area contributed by atoms with Gasteiger partial charge in [-0.05, 0) is 13.8 Å². The summed E-state index contributed by atoms with van der Waals surface area (Å²) in [5.41, 5.74) is -0.00389. The molecule has 20 heavy (non-hydrogen) atoms. The highest BCUT2D eigenvalue weighted by Crippen LogP contribution is 2.18. The van der Waals surface area contributed by atoms with Gasteiger partial charge in [0.25, 0.3) is 0 Å². The molecule has 0 aliphatic rings. The smallest absolute Gasteiger partial charge is 0.355 e. The molecule has 0 saturated carbocycles. The van der Waals surface area contributed by atoms with Crippen molar-refractivity contribution in [2.75, 3.05) is 26.8 Å². The quantitative estimate of drug-likeness (QED) is 0.746. The number of ether oxygens (including phenoxy) is 1. The highest BCUT2D eigenvalue weighted by molar-refractivity contribution is 7.09. The zero-order chi connectivity index (χ0) is 15.1. The molecule has 0 aromatic carbocycles. The van der Waals surface area contributed by atoms with Gasteiger partial charge in [-0.15, -0.1) is 11.3 Å². The van der Waals surface area contributed by atoms with Crippen LogP contribution in [0.15, 0.2) is 5.38 Å². The van der Waals surface area contributed by atoms with Crippen molar-refractivity contribution in [2.45, 2.75) is 19.9 Å². The first-order valence-electron chi connectivity index (χ1n) is 6.23. The number of likely N-dealkylation sites (N-methyl/N-ethyl adjacent to an activating group) is 1. The Kier molecular flexibility index (Phi) is 6.40. The van der Waals surface area contributed by atoms with E-state index in [1.165, 1.54) is 21.6 Å². The summed E-state index contributed by atoms with van der Waals surface area (Å²) < 4.78 is 5.18. The van der Waals surface area contributed by atoms with E-state index in [9.17, 15) is 9.59 Å². The van der Waals surface area contributed by atoms with Crippen LogP contribution in [0.1, 0.15) is 35.4 Å². The molecule has 0 bridgehead atoms. The molecule has 0 aliphatic heterocycles. The van der Waals surface area contributed by atoms with Crippen LogP contribution in [0.2, 0.25) is 0 Å². The lowest BCUT2D eigenvalue weighted by Gasteiger charge is -2.20.